The number of thiophene rings is 1. The van der Waals surface area contributed by atoms with E-state index in [9.17, 15) is 4.79 Å². The SMILES string of the molecule is CCN(CCO)C(=O)NCCc1ccc(-c2csc(C)n2)s1. The highest BCUT2D eigenvalue weighted by atomic mass is 32.1. The fourth-order valence-electron chi connectivity index (χ4n) is 2.05. The predicted molar refractivity (Wildman–Crippen MR) is 91.6 cm³/mol. The fraction of sp³-hybridized carbons (Fsp3) is 0.467. The van der Waals surface area contributed by atoms with Gasteiger partial charge >= 0.3 is 6.03 Å². The van der Waals surface area contributed by atoms with Crippen molar-refractivity contribution in [2.24, 2.45) is 0 Å². The monoisotopic (exact) mass is 339 g/mol. The van der Waals surface area contributed by atoms with E-state index < -0.39 is 0 Å². The fourth-order valence-corrected chi connectivity index (χ4v) is 3.71. The van der Waals surface area contributed by atoms with E-state index in [1.165, 1.54) is 9.75 Å². The van der Waals surface area contributed by atoms with Crippen LogP contribution in [0, 0.1) is 6.92 Å². The number of carbonyl (C=O) groups is 1. The topological polar surface area (TPSA) is 65.5 Å². The summed E-state index contributed by atoms with van der Waals surface area (Å²) >= 11 is 3.37. The van der Waals surface area contributed by atoms with Gasteiger partial charge in [0, 0.05) is 29.9 Å². The van der Waals surface area contributed by atoms with Crippen LogP contribution in [0.4, 0.5) is 4.79 Å². The number of amides is 2. The molecule has 2 rings (SSSR count). The Bertz CT molecular complexity index is 609. The van der Waals surface area contributed by atoms with E-state index in [4.69, 9.17) is 5.11 Å². The Morgan fingerprint density at radius 1 is 1.45 bits per heavy atom. The first-order valence-corrected chi connectivity index (χ1v) is 8.98. The van der Waals surface area contributed by atoms with Gasteiger partial charge < -0.3 is 15.3 Å². The van der Waals surface area contributed by atoms with Crippen molar-refractivity contribution < 1.29 is 9.90 Å². The highest BCUT2D eigenvalue weighted by molar-refractivity contribution is 7.16. The number of thiazole rings is 1. The van der Waals surface area contributed by atoms with Crippen LogP contribution in [0.25, 0.3) is 10.6 Å². The number of aryl methyl sites for hydroxylation is 1. The number of nitrogens with one attached hydrogen (secondary N) is 1. The van der Waals surface area contributed by atoms with Crippen LogP contribution in [-0.2, 0) is 6.42 Å². The summed E-state index contributed by atoms with van der Waals surface area (Å²) in [5, 5.41) is 14.9. The molecule has 22 heavy (non-hydrogen) atoms. The van der Waals surface area contributed by atoms with Crippen molar-refractivity contribution in [3.8, 4) is 10.6 Å². The number of rotatable bonds is 7. The van der Waals surface area contributed by atoms with E-state index in [1.807, 2.05) is 13.8 Å². The first-order chi connectivity index (χ1) is 10.6. The molecule has 7 heteroatoms. The Labute approximate surface area is 138 Å². The van der Waals surface area contributed by atoms with Crippen LogP contribution < -0.4 is 5.32 Å². The van der Waals surface area contributed by atoms with Gasteiger partial charge in [0.15, 0.2) is 0 Å². The highest BCUT2D eigenvalue weighted by Gasteiger charge is 2.10. The minimum Gasteiger partial charge on any atom is -0.395 e. The molecule has 120 valence electrons. The summed E-state index contributed by atoms with van der Waals surface area (Å²) in [5.41, 5.74) is 1.03. The predicted octanol–water partition coefficient (Wildman–Crippen LogP) is 2.75. The molecule has 0 atom stereocenters. The zero-order valence-corrected chi connectivity index (χ0v) is 14.5. The third-order valence-electron chi connectivity index (χ3n) is 3.22. The Morgan fingerprint density at radius 2 is 2.27 bits per heavy atom. The van der Waals surface area contributed by atoms with Crippen LogP contribution in [0.1, 0.15) is 16.8 Å². The summed E-state index contributed by atoms with van der Waals surface area (Å²) in [6.07, 6.45) is 0.802. The van der Waals surface area contributed by atoms with Gasteiger partial charge in [-0.15, -0.1) is 22.7 Å². The Balaban J connectivity index is 1.83. The first kappa shape index (κ1) is 16.9. The molecular formula is C15H21N3O2S2. The lowest BCUT2D eigenvalue weighted by atomic mass is 10.3. The molecule has 2 aromatic heterocycles. The molecule has 0 spiro atoms. The van der Waals surface area contributed by atoms with E-state index in [1.54, 1.807) is 27.6 Å². The average Bonchev–Trinajstić information content (AvgIpc) is 3.13. The lowest BCUT2D eigenvalue weighted by Crippen LogP contribution is -2.42. The van der Waals surface area contributed by atoms with E-state index in [-0.39, 0.29) is 12.6 Å². The number of carbonyl (C=O) groups excluding carboxylic acids is 1. The van der Waals surface area contributed by atoms with Crippen LogP contribution in [0.2, 0.25) is 0 Å². The van der Waals surface area contributed by atoms with Gasteiger partial charge in [-0.2, -0.15) is 0 Å². The normalized spacial score (nSPS) is 10.7. The average molecular weight is 339 g/mol. The molecule has 2 aromatic rings. The minimum absolute atomic E-state index is 0.0113. The molecule has 2 N–H and O–H groups in total. The molecule has 0 fully saturated rings. The maximum atomic E-state index is 11.9. The van der Waals surface area contributed by atoms with Gasteiger partial charge in [0.05, 0.1) is 22.2 Å². The molecule has 0 saturated heterocycles. The van der Waals surface area contributed by atoms with Crippen LogP contribution in [0.3, 0.4) is 0 Å². The van der Waals surface area contributed by atoms with Crippen molar-refractivity contribution in [1.29, 1.82) is 0 Å². The van der Waals surface area contributed by atoms with Gasteiger partial charge in [0.25, 0.3) is 0 Å². The summed E-state index contributed by atoms with van der Waals surface area (Å²) in [6, 6.07) is 4.05. The second-order valence-corrected chi connectivity index (χ2v) is 7.03. The van der Waals surface area contributed by atoms with Gasteiger partial charge in [0.1, 0.15) is 0 Å². The number of likely N-dealkylation sites (N-methyl/N-ethyl adjacent to an activating group) is 1. The smallest absolute Gasteiger partial charge is 0.317 e. The van der Waals surface area contributed by atoms with Gasteiger partial charge in [-0.05, 0) is 32.4 Å². The summed E-state index contributed by atoms with van der Waals surface area (Å²) in [4.78, 5) is 20.4. The number of hydrogen-bond donors (Lipinski definition) is 2. The van der Waals surface area contributed by atoms with Crippen molar-refractivity contribution in [3.05, 3.63) is 27.4 Å². The molecule has 0 bridgehead atoms. The number of aromatic nitrogens is 1. The second-order valence-electron chi connectivity index (χ2n) is 4.80. The van der Waals surface area contributed by atoms with E-state index >= 15 is 0 Å². The largest absolute Gasteiger partial charge is 0.395 e. The molecule has 0 unspecified atom stereocenters. The molecule has 0 saturated carbocycles. The number of urea groups is 1. The molecule has 0 aliphatic heterocycles. The number of nitrogens with zero attached hydrogens (tertiary/aromatic N) is 2. The Hall–Kier alpha value is -1.44. The highest BCUT2D eigenvalue weighted by Crippen LogP contribution is 2.29. The van der Waals surface area contributed by atoms with Crippen LogP contribution in [-0.4, -0.2) is 47.3 Å². The van der Waals surface area contributed by atoms with Gasteiger partial charge in [-0.1, -0.05) is 0 Å². The summed E-state index contributed by atoms with van der Waals surface area (Å²) in [7, 11) is 0. The molecule has 0 radical (unpaired) electrons. The molecule has 0 aromatic carbocycles. The van der Waals surface area contributed by atoms with E-state index in [0.29, 0.717) is 19.6 Å². The molecular weight excluding hydrogens is 318 g/mol. The van der Waals surface area contributed by atoms with Crippen molar-refractivity contribution in [1.82, 2.24) is 15.2 Å². The molecule has 0 aliphatic carbocycles. The number of hydrogen-bond acceptors (Lipinski definition) is 5. The van der Waals surface area contributed by atoms with Crippen molar-refractivity contribution in [3.63, 3.8) is 0 Å². The second kappa shape index (κ2) is 8.26. The molecule has 5 nitrogen and oxygen atoms in total. The van der Waals surface area contributed by atoms with Crippen molar-refractivity contribution in [2.45, 2.75) is 20.3 Å². The summed E-state index contributed by atoms with van der Waals surface area (Å²) in [6.45, 7) is 5.45. The zero-order valence-electron chi connectivity index (χ0n) is 12.8. The minimum atomic E-state index is -0.122. The van der Waals surface area contributed by atoms with Crippen LogP contribution >= 0.6 is 22.7 Å². The first-order valence-electron chi connectivity index (χ1n) is 7.29. The standard InChI is InChI=1S/C15H21N3O2S2/c1-3-18(8-9-19)15(20)16-7-6-12-4-5-14(22-12)13-10-21-11(2)17-13/h4-5,10,19H,3,6-9H2,1-2H3,(H,16,20). The third-order valence-corrected chi connectivity index (χ3v) is 5.16. The third kappa shape index (κ3) is 4.53. The van der Waals surface area contributed by atoms with Crippen LogP contribution in [0.5, 0.6) is 0 Å². The molecule has 0 aliphatic rings. The summed E-state index contributed by atoms with van der Waals surface area (Å²) in [5.74, 6) is 0. The van der Waals surface area contributed by atoms with Crippen molar-refractivity contribution >= 4 is 28.7 Å². The molecule has 2 heterocycles. The lowest BCUT2D eigenvalue weighted by Gasteiger charge is -2.19. The van der Waals surface area contributed by atoms with Gasteiger partial charge in [0.2, 0.25) is 0 Å². The maximum absolute atomic E-state index is 11.9. The quantitative estimate of drug-likeness (QED) is 0.815. The van der Waals surface area contributed by atoms with Crippen LogP contribution in [0.15, 0.2) is 17.5 Å². The summed E-state index contributed by atoms with van der Waals surface area (Å²) < 4.78 is 0. The van der Waals surface area contributed by atoms with Gasteiger partial charge in [-0.3, -0.25) is 0 Å². The number of aliphatic hydroxyl groups is 1. The Kier molecular flexibility index (Phi) is 6.35. The lowest BCUT2D eigenvalue weighted by molar-refractivity contribution is 0.180. The van der Waals surface area contributed by atoms with Crippen molar-refractivity contribution in [2.75, 3.05) is 26.2 Å². The Morgan fingerprint density at radius 3 is 2.91 bits per heavy atom. The van der Waals surface area contributed by atoms with Gasteiger partial charge in [-0.25, -0.2) is 9.78 Å². The molecule has 2 amide bonds. The van der Waals surface area contributed by atoms with E-state index in [0.717, 1.165) is 17.1 Å². The maximum Gasteiger partial charge on any atom is 0.317 e. The number of aliphatic hydroxyl groups excluding tert-OH is 1. The van der Waals surface area contributed by atoms with E-state index in [2.05, 4.69) is 27.8 Å². The zero-order chi connectivity index (χ0) is 15.9.